The Morgan fingerprint density at radius 1 is 1.11 bits per heavy atom. The van der Waals surface area contributed by atoms with E-state index >= 15 is 0 Å². The van der Waals surface area contributed by atoms with Crippen LogP contribution in [0, 0.1) is 0 Å². The molecule has 0 radical (unpaired) electrons. The Morgan fingerprint density at radius 3 is 2.00 bits per heavy atom. The third-order valence-electron chi connectivity index (χ3n) is 1.95. The monoisotopic (exact) mass is 350 g/mol. The van der Waals surface area contributed by atoms with E-state index in [9.17, 15) is 31.1 Å². The minimum atomic E-state index is -5.59. The van der Waals surface area contributed by atoms with Crippen LogP contribution in [0.1, 0.15) is 10.4 Å². The van der Waals surface area contributed by atoms with Crippen LogP contribution in [0.25, 0.3) is 0 Å². The number of alkyl halides is 6. The first-order valence-corrected chi connectivity index (χ1v) is 5.40. The van der Waals surface area contributed by atoms with E-state index in [0.29, 0.717) is 6.29 Å². The minimum absolute atomic E-state index is 0.0306. The first-order chi connectivity index (χ1) is 8.55. The van der Waals surface area contributed by atoms with E-state index in [0.717, 1.165) is 18.2 Å². The van der Waals surface area contributed by atoms with E-state index < -0.39 is 24.2 Å². The number of rotatable bonds is 3. The highest BCUT2D eigenvalue weighted by Crippen LogP contribution is 2.37. The summed E-state index contributed by atoms with van der Waals surface area (Å²) in [4.78, 5) is 10.4. The molecule has 1 aromatic carbocycles. The van der Waals surface area contributed by atoms with Gasteiger partial charge in [0, 0.05) is 10.0 Å². The molecule has 19 heavy (non-hydrogen) atoms. The number of ether oxygens (including phenoxy) is 1. The van der Waals surface area contributed by atoms with Crippen molar-refractivity contribution >= 4 is 22.2 Å². The van der Waals surface area contributed by atoms with Gasteiger partial charge >= 0.3 is 12.4 Å². The van der Waals surface area contributed by atoms with Crippen LogP contribution in [0.2, 0.25) is 0 Å². The molecular weight excluding hydrogens is 346 g/mol. The fourth-order valence-corrected chi connectivity index (χ4v) is 1.58. The van der Waals surface area contributed by atoms with Crippen LogP contribution in [0.4, 0.5) is 26.3 Å². The Balaban J connectivity index is 3.04. The van der Waals surface area contributed by atoms with Gasteiger partial charge in [0.05, 0.1) is 0 Å². The Bertz CT molecular complexity index is 454. The Hall–Kier alpha value is -1.25. The average molecular weight is 351 g/mol. The predicted octanol–water partition coefficient (Wildman–Crippen LogP) is 4.13. The molecule has 0 saturated heterocycles. The van der Waals surface area contributed by atoms with Gasteiger partial charge in [-0.25, -0.2) is 0 Å². The second-order valence-electron chi connectivity index (χ2n) is 3.38. The van der Waals surface area contributed by atoms with Crippen molar-refractivity contribution in [2.24, 2.45) is 0 Å². The van der Waals surface area contributed by atoms with E-state index in [1.807, 2.05) is 0 Å². The predicted molar refractivity (Wildman–Crippen MR) is 56.1 cm³/mol. The maximum Gasteiger partial charge on any atom is 0.434 e. The summed E-state index contributed by atoms with van der Waals surface area (Å²) in [5, 5.41) is 0. The highest BCUT2D eigenvalue weighted by atomic mass is 79.9. The number of carbonyl (C=O) groups is 1. The minimum Gasteiger partial charge on any atom is -0.471 e. The normalized spacial score (nSPS) is 12.6. The van der Waals surface area contributed by atoms with E-state index in [4.69, 9.17) is 0 Å². The number of halogens is 7. The van der Waals surface area contributed by atoms with E-state index in [-0.39, 0.29) is 10.0 Å². The standard InChI is InChI=1S/C10H5BrF6O2/c11-7-3-6(2-1-5(7)4-18)19-8(9(12,13)14)10(15,16)17/h1-4,8H. The number of carbonyl (C=O) groups excluding carboxylic acids is 1. The number of benzene rings is 1. The second-order valence-corrected chi connectivity index (χ2v) is 4.24. The molecule has 0 saturated carbocycles. The number of hydrogen-bond donors (Lipinski definition) is 0. The van der Waals surface area contributed by atoms with Crippen molar-refractivity contribution in [1.29, 1.82) is 0 Å². The molecule has 0 N–H and O–H groups in total. The molecule has 0 spiro atoms. The molecule has 106 valence electrons. The van der Waals surface area contributed by atoms with Gasteiger partial charge in [0.25, 0.3) is 6.10 Å². The Morgan fingerprint density at radius 2 is 1.63 bits per heavy atom. The van der Waals surface area contributed by atoms with Gasteiger partial charge in [0.2, 0.25) is 0 Å². The van der Waals surface area contributed by atoms with Crippen LogP contribution in [-0.4, -0.2) is 24.7 Å². The third-order valence-corrected chi connectivity index (χ3v) is 2.63. The molecule has 1 aromatic rings. The van der Waals surface area contributed by atoms with Crippen LogP contribution in [0.3, 0.4) is 0 Å². The maximum absolute atomic E-state index is 12.2. The van der Waals surface area contributed by atoms with Gasteiger partial charge in [-0.1, -0.05) is 0 Å². The molecule has 1 rings (SSSR count). The van der Waals surface area contributed by atoms with E-state index in [1.165, 1.54) is 0 Å². The smallest absolute Gasteiger partial charge is 0.434 e. The molecule has 2 nitrogen and oxygen atoms in total. The molecule has 0 aliphatic carbocycles. The second kappa shape index (κ2) is 5.40. The Labute approximate surface area is 111 Å². The summed E-state index contributed by atoms with van der Waals surface area (Å²) in [6.45, 7) is 0. The topological polar surface area (TPSA) is 26.3 Å². The van der Waals surface area contributed by atoms with Crippen LogP contribution in [0.5, 0.6) is 5.75 Å². The lowest BCUT2D eigenvalue weighted by atomic mass is 10.2. The first-order valence-electron chi connectivity index (χ1n) is 4.60. The summed E-state index contributed by atoms with van der Waals surface area (Å²) in [5.41, 5.74) is 0.0721. The lowest BCUT2D eigenvalue weighted by Crippen LogP contribution is -2.46. The van der Waals surface area contributed by atoms with E-state index in [1.54, 1.807) is 0 Å². The molecule has 0 fully saturated rings. The summed E-state index contributed by atoms with van der Waals surface area (Å²) < 4.78 is 77.4. The highest BCUT2D eigenvalue weighted by molar-refractivity contribution is 9.10. The quantitative estimate of drug-likeness (QED) is 0.605. The summed E-state index contributed by atoms with van der Waals surface area (Å²) in [6, 6.07) is 2.74. The summed E-state index contributed by atoms with van der Waals surface area (Å²) in [7, 11) is 0. The van der Waals surface area contributed by atoms with Crippen LogP contribution in [0.15, 0.2) is 22.7 Å². The van der Waals surface area contributed by atoms with E-state index in [2.05, 4.69) is 20.7 Å². The zero-order valence-corrected chi connectivity index (χ0v) is 10.4. The molecule has 0 aliphatic heterocycles. The number of hydrogen-bond acceptors (Lipinski definition) is 2. The van der Waals surface area contributed by atoms with Crippen LogP contribution < -0.4 is 4.74 Å². The summed E-state index contributed by atoms with van der Waals surface area (Å²) in [6.07, 6.45) is -14.7. The lowest BCUT2D eigenvalue weighted by molar-refractivity contribution is -0.299. The molecule has 0 aliphatic rings. The van der Waals surface area contributed by atoms with Gasteiger partial charge in [-0.05, 0) is 34.1 Å². The van der Waals surface area contributed by atoms with Crippen molar-refractivity contribution in [1.82, 2.24) is 0 Å². The van der Waals surface area contributed by atoms with Gasteiger partial charge in [0.1, 0.15) is 5.75 Å². The fraction of sp³-hybridized carbons (Fsp3) is 0.300. The molecule has 0 atom stereocenters. The molecule has 0 amide bonds. The molecule has 9 heteroatoms. The van der Waals surface area contributed by atoms with Gasteiger partial charge in [-0.3, -0.25) is 4.79 Å². The van der Waals surface area contributed by atoms with Gasteiger partial charge in [-0.15, -0.1) is 0 Å². The first kappa shape index (κ1) is 15.8. The SMILES string of the molecule is O=Cc1ccc(OC(C(F)(F)F)C(F)(F)F)cc1Br. The molecule has 0 aromatic heterocycles. The van der Waals surface area contributed by atoms with Crippen molar-refractivity contribution in [2.75, 3.05) is 0 Å². The zero-order chi connectivity index (χ0) is 14.8. The molecule has 0 bridgehead atoms. The molecule has 0 unspecified atom stereocenters. The Kier molecular flexibility index (Phi) is 4.49. The average Bonchev–Trinajstić information content (AvgIpc) is 2.23. The third kappa shape index (κ3) is 4.12. The summed E-state index contributed by atoms with van der Waals surface area (Å²) >= 11 is 2.82. The van der Waals surface area contributed by atoms with Crippen molar-refractivity contribution < 1.29 is 35.9 Å². The van der Waals surface area contributed by atoms with Gasteiger partial charge in [0.15, 0.2) is 6.29 Å². The van der Waals surface area contributed by atoms with Gasteiger partial charge in [-0.2, -0.15) is 26.3 Å². The number of aldehydes is 1. The van der Waals surface area contributed by atoms with Crippen LogP contribution >= 0.6 is 15.9 Å². The lowest BCUT2D eigenvalue weighted by Gasteiger charge is -2.24. The van der Waals surface area contributed by atoms with Crippen molar-refractivity contribution in [2.45, 2.75) is 18.5 Å². The maximum atomic E-state index is 12.2. The van der Waals surface area contributed by atoms with Crippen molar-refractivity contribution in [3.63, 3.8) is 0 Å². The zero-order valence-electron chi connectivity index (χ0n) is 8.85. The molecule has 0 heterocycles. The summed E-state index contributed by atoms with van der Waals surface area (Å²) in [5.74, 6) is -0.655. The fourth-order valence-electron chi connectivity index (χ4n) is 1.13. The molecular formula is C10H5BrF6O2. The van der Waals surface area contributed by atoms with Crippen LogP contribution in [-0.2, 0) is 0 Å². The van der Waals surface area contributed by atoms with Crippen molar-refractivity contribution in [3.05, 3.63) is 28.2 Å². The highest BCUT2D eigenvalue weighted by Gasteiger charge is 2.59. The van der Waals surface area contributed by atoms with Crippen molar-refractivity contribution in [3.8, 4) is 5.75 Å². The largest absolute Gasteiger partial charge is 0.471 e. The van der Waals surface area contributed by atoms with Gasteiger partial charge < -0.3 is 4.74 Å².